The van der Waals surface area contributed by atoms with Crippen molar-refractivity contribution in [1.29, 1.82) is 0 Å². The van der Waals surface area contributed by atoms with Crippen LogP contribution < -0.4 is 4.74 Å². The summed E-state index contributed by atoms with van der Waals surface area (Å²) >= 11 is 11.8. The lowest BCUT2D eigenvalue weighted by molar-refractivity contribution is 0.0992. The first-order chi connectivity index (χ1) is 9.51. The average Bonchev–Trinajstić information content (AvgIpc) is 2.42. The maximum atomic E-state index is 13.3. The van der Waals surface area contributed by atoms with Gasteiger partial charge in [0.1, 0.15) is 0 Å². The molecule has 0 saturated heterocycles. The number of carbonyl (C=O) groups excluding carboxylic acids is 1. The van der Waals surface area contributed by atoms with Crippen LogP contribution in [0.1, 0.15) is 15.9 Å². The van der Waals surface area contributed by atoms with Gasteiger partial charge in [-0.15, -0.1) is 0 Å². The van der Waals surface area contributed by atoms with Gasteiger partial charge in [-0.3, -0.25) is 4.79 Å². The minimum atomic E-state index is -0.506. The van der Waals surface area contributed by atoms with Crippen LogP contribution in [0.5, 0.6) is 5.75 Å². The van der Waals surface area contributed by atoms with Gasteiger partial charge in [-0.05, 0) is 35.9 Å². The summed E-state index contributed by atoms with van der Waals surface area (Å²) in [5, 5.41) is 0.939. The standard InChI is InChI=1S/C15H11Cl2FO2/c1-20-15-7-10(3-5-13(15)18)14(19)6-9-2-4-11(16)8-12(9)17/h2-5,7-8H,6H2,1H3. The fourth-order valence-corrected chi connectivity index (χ4v) is 2.25. The SMILES string of the molecule is COc1cc(C(=O)Cc2ccc(Cl)cc2Cl)ccc1F. The molecule has 0 radical (unpaired) electrons. The average molecular weight is 313 g/mol. The van der Waals surface area contributed by atoms with Crippen LogP contribution in [0.15, 0.2) is 36.4 Å². The number of ketones is 1. The molecule has 0 aliphatic carbocycles. The summed E-state index contributed by atoms with van der Waals surface area (Å²) in [5.41, 5.74) is 1.04. The lowest BCUT2D eigenvalue weighted by Crippen LogP contribution is -2.05. The molecule has 5 heteroatoms. The van der Waals surface area contributed by atoms with Crippen LogP contribution in [-0.2, 0) is 6.42 Å². The molecule has 0 bridgehead atoms. The molecule has 0 fully saturated rings. The van der Waals surface area contributed by atoms with Crippen molar-refractivity contribution in [3.8, 4) is 5.75 Å². The summed E-state index contributed by atoms with van der Waals surface area (Å²) in [7, 11) is 1.35. The van der Waals surface area contributed by atoms with Crippen LogP contribution in [-0.4, -0.2) is 12.9 Å². The number of benzene rings is 2. The molecule has 0 amide bonds. The van der Waals surface area contributed by atoms with Crippen molar-refractivity contribution in [1.82, 2.24) is 0 Å². The van der Waals surface area contributed by atoms with Crippen molar-refractivity contribution >= 4 is 29.0 Å². The molecular formula is C15H11Cl2FO2. The Morgan fingerprint density at radius 2 is 1.95 bits per heavy atom. The minimum absolute atomic E-state index is 0.0399. The maximum Gasteiger partial charge on any atom is 0.167 e. The molecule has 20 heavy (non-hydrogen) atoms. The molecule has 0 aliphatic rings. The number of carbonyl (C=O) groups is 1. The molecule has 0 aromatic heterocycles. The highest BCUT2D eigenvalue weighted by atomic mass is 35.5. The summed E-state index contributed by atoms with van der Waals surface area (Å²) in [6, 6.07) is 8.95. The van der Waals surface area contributed by atoms with Crippen molar-refractivity contribution in [2.45, 2.75) is 6.42 Å². The van der Waals surface area contributed by atoms with Crippen LogP contribution in [0, 0.1) is 5.82 Å². The van der Waals surface area contributed by atoms with Gasteiger partial charge >= 0.3 is 0 Å². The molecule has 104 valence electrons. The first-order valence-corrected chi connectivity index (χ1v) is 6.57. The number of hydrogen-bond donors (Lipinski definition) is 0. The normalized spacial score (nSPS) is 10.4. The first-order valence-electron chi connectivity index (χ1n) is 5.82. The Morgan fingerprint density at radius 1 is 1.20 bits per heavy atom. The molecule has 0 unspecified atom stereocenters. The maximum absolute atomic E-state index is 13.3. The van der Waals surface area contributed by atoms with E-state index < -0.39 is 5.82 Å². The summed E-state index contributed by atoms with van der Waals surface area (Å²) in [4.78, 5) is 12.2. The Kier molecular flexibility index (Phi) is 4.63. The Balaban J connectivity index is 2.24. The lowest BCUT2D eigenvalue weighted by Gasteiger charge is -2.07. The molecule has 2 rings (SSSR count). The smallest absolute Gasteiger partial charge is 0.167 e. The molecule has 0 aliphatic heterocycles. The first kappa shape index (κ1) is 14.8. The molecule has 0 N–H and O–H groups in total. The van der Waals surface area contributed by atoms with E-state index in [0.717, 1.165) is 0 Å². The third kappa shape index (κ3) is 3.30. The van der Waals surface area contributed by atoms with Crippen LogP contribution >= 0.6 is 23.2 Å². The van der Waals surface area contributed by atoms with E-state index in [1.54, 1.807) is 18.2 Å². The van der Waals surface area contributed by atoms with Gasteiger partial charge in [-0.1, -0.05) is 29.3 Å². The van der Waals surface area contributed by atoms with Gasteiger partial charge in [0.25, 0.3) is 0 Å². The topological polar surface area (TPSA) is 26.3 Å². The van der Waals surface area contributed by atoms with Crippen LogP contribution in [0.3, 0.4) is 0 Å². The predicted octanol–water partition coefficient (Wildman–Crippen LogP) is 4.57. The fraction of sp³-hybridized carbons (Fsp3) is 0.133. The molecule has 0 heterocycles. The van der Waals surface area contributed by atoms with E-state index in [2.05, 4.69) is 0 Å². The van der Waals surface area contributed by atoms with E-state index in [0.29, 0.717) is 21.2 Å². The Morgan fingerprint density at radius 3 is 2.60 bits per heavy atom. The fourth-order valence-electron chi connectivity index (χ4n) is 1.77. The second-order valence-corrected chi connectivity index (χ2v) is 5.03. The van der Waals surface area contributed by atoms with Gasteiger partial charge in [0, 0.05) is 22.0 Å². The minimum Gasteiger partial charge on any atom is -0.494 e. The van der Waals surface area contributed by atoms with Crippen molar-refractivity contribution in [2.75, 3.05) is 7.11 Å². The molecule has 2 nitrogen and oxygen atoms in total. The highest BCUT2D eigenvalue weighted by Gasteiger charge is 2.12. The number of halogens is 3. The number of Topliss-reactive ketones (excluding diaryl/α,β-unsaturated/α-hetero) is 1. The molecule has 0 saturated carbocycles. The molecule has 2 aromatic rings. The van der Waals surface area contributed by atoms with Gasteiger partial charge < -0.3 is 4.74 Å². The number of methoxy groups -OCH3 is 1. The molecular weight excluding hydrogens is 302 g/mol. The molecule has 2 aromatic carbocycles. The monoisotopic (exact) mass is 312 g/mol. The lowest BCUT2D eigenvalue weighted by atomic mass is 10.0. The number of ether oxygens (including phenoxy) is 1. The third-order valence-electron chi connectivity index (χ3n) is 2.84. The Labute approximate surface area is 126 Å². The summed E-state index contributed by atoms with van der Waals surface area (Å²) in [6.07, 6.45) is 0.116. The predicted molar refractivity (Wildman–Crippen MR) is 77.4 cm³/mol. The quantitative estimate of drug-likeness (QED) is 0.773. The van der Waals surface area contributed by atoms with Crippen molar-refractivity contribution in [3.63, 3.8) is 0 Å². The zero-order chi connectivity index (χ0) is 14.7. The number of rotatable bonds is 4. The van der Waals surface area contributed by atoms with Crippen LogP contribution in [0.25, 0.3) is 0 Å². The third-order valence-corrected chi connectivity index (χ3v) is 3.43. The van der Waals surface area contributed by atoms with Crippen molar-refractivity contribution in [3.05, 3.63) is 63.4 Å². The second kappa shape index (κ2) is 6.25. The van der Waals surface area contributed by atoms with E-state index >= 15 is 0 Å². The zero-order valence-electron chi connectivity index (χ0n) is 10.6. The van der Waals surface area contributed by atoms with Gasteiger partial charge in [0.05, 0.1) is 7.11 Å². The van der Waals surface area contributed by atoms with E-state index in [9.17, 15) is 9.18 Å². The van der Waals surface area contributed by atoms with Crippen LogP contribution in [0.2, 0.25) is 10.0 Å². The van der Waals surface area contributed by atoms with E-state index in [-0.39, 0.29) is 18.0 Å². The second-order valence-electron chi connectivity index (χ2n) is 4.19. The number of hydrogen-bond acceptors (Lipinski definition) is 2. The molecule has 0 spiro atoms. The summed E-state index contributed by atoms with van der Waals surface area (Å²) < 4.78 is 18.2. The largest absolute Gasteiger partial charge is 0.494 e. The van der Waals surface area contributed by atoms with Gasteiger partial charge in [0.2, 0.25) is 0 Å². The van der Waals surface area contributed by atoms with E-state index in [4.69, 9.17) is 27.9 Å². The Bertz CT molecular complexity index is 656. The highest BCUT2D eigenvalue weighted by molar-refractivity contribution is 6.35. The Hall–Kier alpha value is -1.58. The molecule has 0 atom stereocenters. The summed E-state index contributed by atoms with van der Waals surface area (Å²) in [5.74, 6) is -0.640. The van der Waals surface area contributed by atoms with Crippen LogP contribution in [0.4, 0.5) is 4.39 Å². The van der Waals surface area contributed by atoms with Crippen molar-refractivity contribution < 1.29 is 13.9 Å². The van der Waals surface area contributed by atoms with Gasteiger partial charge in [0.15, 0.2) is 17.3 Å². The highest BCUT2D eigenvalue weighted by Crippen LogP contribution is 2.24. The van der Waals surface area contributed by atoms with Gasteiger partial charge in [-0.25, -0.2) is 4.39 Å². The zero-order valence-corrected chi connectivity index (χ0v) is 12.1. The van der Waals surface area contributed by atoms with Crippen molar-refractivity contribution in [2.24, 2.45) is 0 Å². The van der Waals surface area contributed by atoms with E-state index in [1.165, 1.54) is 25.3 Å². The van der Waals surface area contributed by atoms with Gasteiger partial charge in [-0.2, -0.15) is 0 Å². The summed E-state index contributed by atoms with van der Waals surface area (Å²) in [6.45, 7) is 0. The van der Waals surface area contributed by atoms with E-state index in [1.807, 2.05) is 0 Å².